The van der Waals surface area contributed by atoms with Gasteiger partial charge < -0.3 is 15.5 Å². The maximum absolute atomic E-state index is 12.4. The van der Waals surface area contributed by atoms with Crippen molar-refractivity contribution >= 4 is 5.91 Å². The second-order valence-electron chi connectivity index (χ2n) is 15.5. The fourth-order valence-corrected chi connectivity index (χ4v) is 6.67. The van der Waals surface area contributed by atoms with Gasteiger partial charge in [0.25, 0.3) is 0 Å². The maximum atomic E-state index is 12.4. The van der Waals surface area contributed by atoms with E-state index < -0.39 is 12.1 Å². The molecule has 0 radical (unpaired) electrons. The molecule has 1 amide bonds. The Hall–Kier alpha value is -1.91. The minimum Gasteiger partial charge on any atom is -0.394 e. The fourth-order valence-electron chi connectivity index (χ4n) is 6.67. The number of hydrogen-bond donors (Lipinski definition) is 3. The van der Waals surface area contributed by atoms with Crippen molar-refractivity contribution in [3.63, 3.8) is 0 Å². The molecule has 2 unspecified atom stereocenters. The van der Waals surface area contributed by atoms with Crippen molar-refractivity contribution in [2.24, 2.45) is 0 Å². The first kappa shape index (κ1) is 51.1. The monoisotopic (exact) mass is 740 g/mol. The van der Waals surface area contributed by atoms with E-state index in [1.807, 2.05) is 6.08 Å². The number of rotatable bonds is 41. The molecule has 0 aliphatic carbocycles. The van der Waals surface area contributed by atoms with Gasteiger partial charge in [-0.15, -0.1) is 0 Å². The van der Waals surface area contributed by atoms with E-state index in [1.165, 1.54) is 148 Å². The number of nitrogens with one attached hydrogen (secondary N) is 1. The van der Waals surface area contributed by atoms with Gasteiger partial charge in [-0.2, -0.15) is 0 Å². The predicted octanol–water partition coefficient (Wildman–Crippen LogP) is 14.5. The van der Waals surface area contributed by atoms with Crippen LogP contribution in [0.1, 0.15) is 226 Å². The van der Waals surface area contributed by atoms with Gasteiger partial charge in [0.1, 0.15) is 0 Å². The van der Waals surface area contributed by atoms with Crippen molar-refractivity contribution in [3.05, 3.63) is 60.8 Å². The molecule has 0 spiro atoms. The number of aliphatic hydroxyl groups excluding tert-OH is 2. The number of aliphatic hydroxyl groups is 2. The first-order valence-electron chi connectivity index (χ1n) is 23.0. The summed E-state index contributed by atoms with van der Waals surface area (Å²) in [6, 6.07) is -0.648. The van der Waals surface area contributed by atoms with Gasteiger partial charge in [0.15, 0.2) is 0 Å². The summed E-state index contributed by atoms with van der Waals surface area (Å²) < 4.78 is 0. The third-order valence-corrected chi connectivity index (χ3v) is 10.2. The smallest absolute Gasteiger partial charge is 0.220 e. The molecule has 4 heteroatoms. The summed E-state index contributed by atoms with van der Waals surface area (Å²) in [5.41, 5.74) is 0. The second-order valence-corrected chi connectivity index (χ2v) is 15.5. The zero-order valence-corrected chi connectivity index (χ0v) is 35.3. The molecule has 0 aromatic heterocycles. The van der Waals surface area contributed by atoms with E-state index in [-0.39, 0.29) is 12.5 Å². The zero-order valence-electron chi connectivity index (χ0n) is 35.3. The normalized spacial score (nSPS) is 13.5. The molecule has 53 heavy (non-hydrogen) atoms. The van der Waals surface area contributed by atoms with Crippen LogP contribution in [-0.2, 0) is 4.79 Å². The summed E-state index contributed by atoms with van der Waals surface area (Å²) >= 11 is 0. The van der Waals surface area contributed by atoms with Crippen molar-refractivity contribution in [1.29, 1.82) is 0 Å². The summed E-state index contributed by atoms with van der Waals surface area (Å²) in [6.45, 7) is 4.28. The molecule has 0 fully saturated rings. The van der Waals surface area contributed by atoms with E-state index >= 15 is 0 Å². The number of carbonyl (C=O) groups excluding carboxylic acids is 1. The van der Waals surface area contributed by atoms with Crippen LogP contribution in [-0.4, -0.2) is 34.9 Å². The average Bonchev–Trinajstić information content (AvgIpc) is 3.16. The number of amides is 1. The summed E-state index contributed by atoms with van der Waals surface area (Å²) in [5.74, 6) is -0.0871. The Morgan fingerprint density at radius 1 is 0.453 bits per heavy atom. The Bertz CT molecular complexity index is 888. The van der Waals surface area contributed by atoms with Crippen LogP contribution in [0, 0.1) is 0 Å². The lowest BCUT2D eigenvalue weighted by Crippen LogP contribution is -2.45. The molecule has 0 aromatic carbocycles. The molecule has 4 nitrogen and oxygen atoms in total. The van der Waals surface area contributed by atoms with Crippen LogP contribution in [0.15, 0.2) is 60.8 Å². The Morgan fingerprint density at radius 2 is 0.792 bits per heavy atom. The highest BCUT2D eigenvalue weighted by molar-refractivity contribution is 5.76. The Balaban J connectivity index is 3.65. The Morgan fingerprint density at radius 3 is 1.23 bits per heavy atom. The number of carbonyl (C=O) groups is 1. The number of unbranched alkanes of at least 4 members (excludes halogenated alkanes) is 26. The lowest BCUT2D eigenvalue weighted by molar-refractivity contribution is -0.123. The average molecular weight is 740 g/mol. The minimum absolute atomic E-state index is 0.0871. The van der Waals surface area contributed by atoms with Crippen LogP contribution in [0.25, 0.3) is 0 Å². The molecule has 3 N–H and O–H groups in total. The minimum atomic E-state index is -0.870. The molecule has 0 rings (SSSR count). The van der Waals surface area contributed by atoms with Gasteiger partial charge in [-0.25, -0.2) is 0 Å². The highest BCUT2D eigenvalue weighted by atomic mass is 16.3. The second kappa shape index (κ2) is 44.5. The maximum Gasteiger partial charge on any atom is 0.220 e. The van der Waals surface area contributed by atoms with Gasteiger partial charge in [0.2, 0.25) is 5.91 Å². The molecule has 0 aromatic rings. The molecular formula is C49H89NO3. The zero-order chi connectivity index (χ0) is 38.6. The van der Waals surface area contributed by atoms with Gasteiger partial charge in [-0.3, -0.25) is 4.79 Å². The van der Waals surface area contributed by atoms with Crippen molar-refractivity contribution < 1.29 is 15.0 Å². The molecule has 0 bridgehead atoms. The molecule has 0 aliphatic rings. The quantitative estimate of drug-likeness (QED) is 0.0432. The SMILES string of the molecule is CCCCCCC/C=C\C/C=C\C/C=C\CCCCCCCCC(=O)NC(CO)C(O)/C=C/CC/C=C/CCCCCCCCCCCCCCCC. The van der Waals surface area contributed by atoms with Gasteiger partial charge in [-0.1, -0.05) is 209 Å². The van der Waals surface area contributed by atoms with Crippen LogP contribution in [0.2, 0.25) is 0 Å². The third kappa shape index (κ3) is 41.1. The molecule has 308 valence electrons. The van der Waals surface area contributed by atoms with Crippen molar-refractivity contribution in [2.45, 2.75) is 238 Å². The van der Waals surface area contributed by atoms with Crippen LogP contribution >= 0.6 is 0 Å². The highest BCUT2D eigenvalue weighted by Crippen LogP contribution is 2.14. The van der Waals surface area contributed by atoms with Crippen LogP contribution in [0.5, 0.6) is 0 Å². The summed E-state index contributed by atoms with van der Waals surface area (Å²) in [7, 11) is 0. The van der Waals surface area contributed by atoms with E-state index in [4.69, 9.17) is 0 Å². The fraction of sp³-hybridized carbons (Fsp3) is 0.776. The highest BCUT2D eigenvalue weighted by Gasteiger charge is 2.17. The summed E-state index contributed by atoms with van der Waals surface area (Å²) in [4.78, 5) is 12.4. The van der Waals surface area contributed by atoms with Crippen LogP contribution in [0.4, 0.5) is 0 Å². The van der Waals surface area contributed by atoms with E-state index in [9.17, 15) is 15.0 Å². The summed E-state index contributed by atoms with van der Waals surface area (Å²) in [6.07, 6.45) is 61.9. The van der Waals surface area contributed by atoms with Gasteiger partial charge in [0, 0.05) is 6.42 Å². The van der Waals surface area contributed by atoms with E-state index in [0.29, 0.717) is 6.42 Å². The first-order valence-corrected chi connectivity index (χ1v) is 23.0. The molecule has 0 heterocycles. The van der Waals surface area contributed by atoms with Crippen LogP contribution < -0.4 is 5.32 Å². The van der Waals surface area contributed by atoms with Gasteiger partial charge >= 0.3 is 0 Å². The lowest BCUT2D eigenvalue weighted by Gasteiger charge is -2.19. The van der Waals surface area contributed by atoms with Crippen LogP contribution in [0.3, 0.4) is 0 Å². The largest absolute Gasteiger partial charge is 0.394 e. The molecule has 2 atom stereocenters. The molecule has 0 saturated heterocycles. The lowest BCUT2D eigenvalue weighted by atomic mass is 10.0. The first-order chi connectivity index (χ1) is 26.2. The third-order valence-electron chi connectivity index (χ3n) is 10.2. The van der Waals surface area contributed by atoms with Crippen molar-refractivity contribution in [3.8, 4) is 0 Å². The number of hydrogen-bond acceptors (Lipinski definition) is 3. The Kier molecular flexibility index (Phi) is 42.9. The van der Waals surface area contributed by atoms with E-state index in [1.54, 1.807) is 6.08 Å². The standard InChI is InChI=1S/C49H89NO3/c1-3-5-7-9-11-13-15-17-19-21-23-25-27-29-31-33-35-37-39-41-43-45-49(53)50-47(46-51)48(52)44-42-40-38-36-34-32-30-28-26-24-22-20-18-16-14-12-10-8-6-4-2/h15,17,21,23,27,29,34,36,42,44,47-48,51-52H,3-14,16,18-20,22,24-26,28,30-33,35,37-41,43,45-46H2,1-2H3,(H,50,53)/b17-15-,23-21-,29-27-,36-34+,44-42+. The summed E-state index contributed by atoms with van der Waals surface area (Å²) in [5, 5.41) is 23.0. The van der Waals surface area contributed by atoms with Gasteiger partial charge in [0.05, 0.1) is 18.8 Å². The van der Waals surface area contributed by atoms with Crippen molar-refractivity contribution in [2.75, 3.05) is 6.61 Å². The molecule has 0 saturated carbocycles. The van der Waals surface area contributed by atoms with E-state index in [0.717, 1.165) is 57.8 Å². The number of allylic oxidation sites excluding steroid dienone is 9. The predicted molar refractivity (Wildman–Crippen MR) is 234 cm³/mol. The molecular weight excluding hydrogens is 651 g/mol. The van der Waals surface area contributed by atoms with E-state index in [2.05, 4.69) is 67.8 Å². The van der Waals surface area contributed by atoms with Crippen molar-refractivity contribution in [1.82, 2.24) is 5.32 Å². The topological polar surface area (TPSA) is 69.6 Å². The Labute approximate surface area is 330 Å². The van der Waals surface area contributed by atoms with Gasteiger partial charge in [-0.05, 0) is 70.6 Å². The molecule has 0 aliphatic heterocycles.